The van der Waals surface area contributed by atoms with Crippen LogP contribution in [0.3, 0.4) is 0 Å². The van der Waals surface area contributed by atoms with Gasteiger partial charge in [-0.05, 0) is 40.6 Å². The van der Waals surface area contributed by atoms with Gasteiger partial charge in [0.15, 0.2) is 0 Å². The maximum atomic E-state index is 5.45. The minimum atomic E-state index is 0.262. The Morgan fingerprint density at radius 1 is 1.38 bits per heavy atom. The summed E-state index contributed by atoms with van der Waals surface area (Å²) in [5.74, 6) is 0. The van der Waals surface area contributed by atoms with Gasteiger partial charge in [0.05, 0.1) is 6.10 Å². The van der Waals surface area contributed by atoms with Crippen LogP contribution in [0.1, 0.15) is 31.4 Å². The molecule has 0 fully saturated rings. The first-order valence-electron chi connectivity index (χ1n) is 4.56. The van der Waals surface area contributed by atoms with E-state index < -0.39 is 0 Å². The zero-order valence-electron chi connectivity index (χ0n) is 8.09. The van der Waals surface area contributed by atoms with E-state index in [-0.39, 0.29) is 6.10 Å². The Labute approximate surface area is 93.6 Å². The largest absolute Gasteiger partial charge is 0.377 e. The molecular formula is C11H15IO. The Hall–Kier alpha value is -0.0900. The molecule has 0 radical (unpaired) electrons. The highest BCUT2D eigenvalue weighted by molar-refractivity contribution is 14.1. The quantitative estimate of drug-likeness (QED) is 0.767. The van der Waals surface area contributed by atoms with Crippen molar-refractivity contribution in [3.8, 4) is 0 Å². The second-order valence-electron chi connectivity index (χ2n) is 3.03. The minimum Gasteiger partial charge on any atom is -0.377 e. The molecule has 1 unspecified atom stereocenters. The Morgan fingerprint density at radius 2 is 2.08 bits per heavy atom. The van der Waals surface area contributed by atoms with E-state index in [4.69, 9.17) is 4.74 Å². The molecule has 0 amide bonds. The topological polar surface area (TPSA) is 9.23 Å². The molecule has 0 saturated carbocycles. The summed E-state index contributed by atoms with van der Waals surface area (Å²) in [4.78, 5) is 0. The zero-order chi connectivity index (χ0) is 9.68. The molecule has 13 heavy (non-hydrogen) atoms. The fraction of sp³-hybridized carbons (Fsp3) is 0.455. The van der Waals surface area contributed by atoms with E-state index >= 15 is 0 Å². The van der Waals surface area contributed by atoms with Gasteiger partial charge in [0.1, 0.15) is 0 Å². The Morgan fingerprint density at radius 3 is 2.62 bits per heavy atom. The van der Waals surface area contributed by atoms with Crippen LogP contribution in [-0.4, -0.2) is 7.11 Å². The number of methoxy groups -OCH3 is 1. The van der Waals surface area contributed by atoms with Crippen molar-refractivity contribution in [1.82, 2.24) is 0 Å². The predicted octanol–water partition coefficient (Wildman–Crippen LogP) is 3.78. The maximum absolute atomic E-state index is 5.45. The van der Waals surface area contributed by atoms with Crippen LogP contribution in [0.15, 0.2) is 24.3 Å². The van der Waals surface area contributed by atoms with Crippen LogP contribution in [0, 0.1) is 3.57 Å². The van der Waals surface area contributed by atoms with E-state index in [1.807, 2.05) is 0 Å². The van der Waals surface area contributed by atoms with Gasteiger partial charge >= 0.3 is 0 Å². The summed E-state index contributed by atoms with van der Waals surface area (Å²) in [5, 5.41) is 0. The lowest BCUT2D eigenvalue weighted by Gasteiger charge is -2.15. The van der Waals surface area contributed by atoms with E-state index in [9.17, 15) is 0 Å². The fourth-order valence-corrected chi connectivity index (χ4v) is 2.13. The number of hydrogen-bond donors (Lipinski definition) is 0. The molecule has 0 saturated heterocycles. The van der Waals surface area contributed by atoms with Gasteiger partial charge in [-0.1, -0.05) is 31.5 Å². The Balaban J connectivity index is 2.84. The van der Waals surface area contributed by atoms with Gasteiger partial charge in [-0.25, -0.2) is 0 Å². The van der Waals surface area contributed by atoms with Gasteiger partial charge in [0, 0.05) is 10.7 Å². The predicted molar refractivity (Wildman–Crippen MR) is 63.8 cm³/mol. The van der Waals surface area contributed by atoms with Crippen molar-refractivity contribution in [3.05, 3.63) is 33.4 Å². The molecule has 0 aliphatic carbocycles. The summed E-state index contributed by atoms with van der Waals surface area (Å²) in [7, 11) is 1.78. The molecule has 1 rings (SSSR count). The van der Waals surface area contributed by atoms with Crippen molar-refractivity contribution >= 4 is 22.6 Å². The summed E-state index contributed by atoms with van der Waals surface area (Å²) in [6.45, 7) is 2.18. The SMILES string of the molecule is CCCC(OC)c1ccccc1I. The molecule has 0 N–H and O–H groups in total. The Kier molecular flexibility index (Phi) is 4.73. The van der Waals surface area contributed by atoms with Crippen LogP contribution < -0.4 is 0 Å². The molecule has 0 aromatic heterocycles. The van der Waals surface area contributed by atoms with Crippen molar-refractivity contribution in [1.29, 1.82) is 0 Å². The average molecular weight is 290 g/mol. The number of halogens is 1. The highest BCUT2D eigenvalue weighted by atomic mass is 127. The van der Waals surface area contributed by atoms with E-state index in [0.717, 1.165) is 12.8 Å². The summed E-state index contributed by atoms with van der Waals surface area (Å²) in [5.41, 5.74) is 1.31. The minimum absolute atomic E-state index is 0.262. The van der Waals surface area contributed by atoms with Gasteiger partial charge in [-0.2, -0.15) is 0 Å². The second kappa shape index (κ2) is 5.60. The molecule has 2 heteroatoms. The van der Waals surface area contributed by atoms with Crippen molar-refractivity contribution < 1.29 is 4.74 Å². The molecule has 0 aliphatic heterocycles. The van der Waals surface area contributed by atoms with E-state index in [1.165, 1.54) is 9.13 Å². The lowest BCUT2D eigenvalue weighted by molar-refractivity contribution is 0.0943. The highest BCUT2D eigenvalue weighted by Gasteiger charge is 2.11. The van der Waals surface area contributed by atoms with Crippen molar-refractivity contribution in [2.24, 2.45) is 0 Å². The third-order valence-electron chi connectivity index (χ3n) is 2.09. The number of ether oxygens (including phenoxy) is 1. The molecule has 0 aliphatic rings. The number of benzene rings is 1. The second-order valence-corrected chi connectivity index (χ2v) is 4.20. The molecule has 0 bridgehead atoms. The van der Waals surface area contributed by atoms with Crippen LogP contribution in [0.25, 0.3) is 0 Å². The van der Waals surface area contributed by atoms with E-state index in [0.29, 0.717) is 0 Å². The summed E-state index contributed by atoms with van der Waals surface area (Å²) in [6, 6.07) is 8.40. The summed E-state index contributed by atoms with van der Waals surface area (Å²) >= 11 is 2.36. The summed E-state index contributed by atoms with van der Waals surface area (Å²) in [6.07, 6.45) is 2.51. The normalized spacial score (nSPS) is 12.8. The average Bonchev–Trinajstić information content (AvgIpc) is 2.16. The Bertz CT molecular complexity index is 260. The lowest BCUT2D eigenvalue weighted by Crippen LogP contribution is -2.02. The first-order chi connectivity index (χ1) is 6.29. The van der Waals surface area contributed by atoms with Crippen LogP contribution in [0.5, 0.6) is 0 Å². The van der Waals surface area contributed by atoms with Gasteiger partial charge in [0.25, 0.3) is 0 Å². The molecule has 0 spiro atoms. The van der Waals surface area contributed by atoms with Crippen LogP contribution in [-0.2, 0) is 4.74 Å². The molecule has 1 nitrogen and oxygen atoms in total. The molecule has 1 atom stereocenters. The lowest BCUT2D eigenvalue weighted by atomic mass is 10.1. The fourth-order valence-electron chi connectivity index (χ4n) is 1.40. The van der Waals surface area contributed by atoms with Crippen LogP contribution in [0.4, 0.5) is 0 Å². The van der Waals surface area contributed by atoms with Gasteiger partial charge in [-0.3, -0.25) is 0 Å². The van der Waals surface area contributed by atoms with Crippen LogP contribution in [0.2, 0.25) is 0 Å². The molecule has 0 heterocycles. The smallest absolute Gasteiger partial charge is 0.0831 e. The van der Waals surface area contributed by atoms with Gasteiger partial charge < -0.3 is 4.74 Å². The van der Waals surface area contributed by atoms with Crippen molar-refractivity contribution in [3.63, 3.8) is 0 Å². The zero-order valence-corrected chi connectivity index (χ0v) is 10.2. The summed E-state index contributed by atoms with van der Waals surface area (Å²) < 4.78 is 6.74. The van der Waals surface area contributed by atoms with Crippen LogP contribution >= 0.6 is 22.6 Å². The van der Waals surface area contributed by atoms with Crippen molar-refractivity contribution in [2.45, 2.75) is 25.9 Å². The molecule has 1 aromatic rings. The van der Waals surface area contributed by atoms with Gasteiger partial charge in [0.2, 0.25) is 0 Å². The third-order valence-corrected chi connectivity index (χ3v) is 3.07. The van der Waals surface area contributed by atoms with Crippen molar-refractivity contribution in [2.75, 3.05) is 7.11 Å². The number of rotatable bonds is 4. The monoisotopic (exact) mass is 290 g/mol. The van der Waals surface area contributed by atoms with E-state index in [1.54, 1.807) is 7.11 Å². The molecular weight excluding hydrogens is 275 g/mol. The number of hydrogen-bond acceptors (Lipinski definition) is 1. The first-order valence-corrected chi connectivity index (χ1v) is 5.64. The third kappa shape index (κ3) is 2.95. The van der Waals surface area contributed by atoms with E-state index in [2.05, 4.69) is 53.8 Å². The molecule has 72 valence electrons. The standard InChI is InChI=1S/C11H15IO/c1-3-6-11(13-2)9-7-4-5-8-10(9)12/h4-5,7-8,11H,3,6H2,1-2H3. The van der Waals surface area contributed by atoms with Gasteiger partial charge in [-0.15, -0.1) is 0 Å². The highest BCUT2D eigenvalue weighted by Crippen LogP contribution is 2.25. The first kappa shape index (κ1) is 11.0. The maximum Gasteiger partial charge on any atom is 0.0831 e. The molecule has 1 aromatic carbocycles.